The summed E-state index contributed by atoms with van der Waals surface area (Å²) in [5.41, 5.74) is 2.27. The fourth-order valence-corrected chi connectivity index (χ4v) is 2.58. The van der Waals surface area contributed by atoms with Crippen molar-refractivity contribution in [1.29, 1.82) is 0 Å². The lowest BCUT2D eigenvalue weighted by Gasteiger charge is -2.12. The van der Waals surface area contributed by atoms with E-state index in [4.69, 9.17) is 4.74 Å². The molecule has 0 aliphatic heterocycles. The number of aromatic nitrogens is 3. The number of ether oxygens (including phenoxy) is 1. The molecule has 2 heterocycles. The van der Waals surface area contributed by atoms with Gasteiger partial charge in [0.25, 0.3) is 0 Å². The van der Waals surface area contributed by atoms with Gasteiger partial charge in [-0.05, 0) is 29.8 Å². The highest BCUT2D eigenvalue weighted by Crippen LogP contribution is 2.11. The monoisotopic (exact) mass is 484 g/mol. The van der Waals surface area contributed by atoms with E-state index in [0.717, 1.165) is 17.0 Å². The molecule has 3 rings (SSSR count). The molecule has 3 aromatic rings. The maximum Gasteiger partial charge on any atom is 0.191 e. The molecule has 0 saturated carbocycles. The molecule has 9 heteroatoms. The molecule has 7 nitrogen and oxygen atoms in total. The summed E-state index contributed by atoms with van der Waals surface area (Å²) in [5.74, 6) is 1.14. The van der Waals surface area contributed by atoms with Crippen molar-refractivity contribution in [3.63, 3.8) is 0 Å². The van der Waals surface area contributed by atoms with Crippen LogP contribution in [0, 0.1) is 5.82 Å². The number of nitrogens with one attached hydrogen (secondary N) is 2. The first kappa shape index (κ1) is 21.0. The van der Waals surface area contributed by atoms with Gasteiger partial charge in [-0.25, -0.2) is 4.39 Å². The number of guanidine groups is 1. The number of rotatable bonds is 6. The predicted molar refractivity (Wildman–Crippen MR) is 113 cm³/mol. The second kappa shape index (κ2) is 10.2. The molecule has 0 aliphatic carbocycles. The molecule has 2 N–H and O–H groups in total. The molecule has 0 atom stereocenters. The van der Waals surface area contributed by atoms with Crippen LogP contribution in [0.15, 0.2) is 47.6 Å². The third-order valence-corrected chi connectivity index (χ3v) is 3.89. The molecule has 0 saturated heterocycles. The van der Waals surface area contributed by atoms with Gasteiger partial charge in [0, 0.05) is 32.5 Å². The van der Waals surface area contributed by atoms with Gasteiger partial charge in [-0.15, -0.1) is 34.2 Å². The van der Waals surface area contributed by atoms with E-state index < -0.39 is 0 Å². The van der Waals surface area contributed by atoms with Gasteiger partial charge in [-0.3, -0.25) is 9.39 Å². The molecule has 0 spiro atoms. The fraction of sp³-hybridized carbons (Fsp3) is 0.278. The zero-order chi connectivity index (χ0) is 18.4. The van der Waals surface area contributed by atoms with E-state index in [1.165, 1.54) is 6.07 Å². The molecule has 0 aliphatic rings. The largest absolute Gasteiger partial charge is 0.380 e. The van der Waals surface area contributed by atoms with Gasteiger partial charge in [0.2, 0.25) is 0 Å². The Morgan fingerprint density at radius 2 is 2.00 bits per heavy atom. The number of hydrogen-bond donors (Lipinski definition) is 2. The second-order valence-corrected chi connectivity index (χ2v) is 5.68. The Bertz CT molecular complexity index is 914. The molecule has 27 heavy (non-hydrogen) atoms. The van der Waals surface area contributed by atoms with Crippen LogP contribution in [0.25, 0.3) is 5.65 Å². The van der Waals surface area contributed by atoms with Gasteiger partial charge < -0.3 is 15.4 Å². The lowest BCUT2D eigenvalue weighted by molar-refractivity contribution is 0.181. The van der Waals surface area contributed by atoms with Crippen molar-refractivity contribution in [2.45, 2.75) is 19.7 Å². The third kappa shape index (κ3) is 5.36. The molecule has 0 bridgehead atoms. The Hall–Kier alpha value is -2.27. The smallest absolute Gasteiger partial charge is 0.191 e. The quantitative estimate of drug-likeness (QED) is 0.320. The van der Waals surface area contributed by atoms with E-state index in [9.17, 15) is 4.39 Å². The van der Waals surface area contributed by atoms with Crippen LogP contribution in [-0.2, 0) is 24.4 Å². The second-order valence-electron chi connectivity index (χ2n) is 5.68. The number of halogens is 2. The first-order chi connectivity index (χ1) is 12.7. The van der Waals surface area contributed by atoms with E-state index in [-0.39, 0.29) is 36.4 Å². The summed E-state index contributed by atoms with van der Waals surface area (Å²) in [4.78, 5) is 4.20. The molecule has 0 radical (unpaired) electrons. The van der Waals surface area contributed by atoms with Crippen molar-refractivity contribution >= 4 is 35.6 Å². The number of benzene rings is 1. The summed E-state index contributed by atoms with van der Waals surface area (Å²) in [6.07, 6.45) is 1.92. The highest BCUT2D eigenvalue weighted by Gasteiger charge is 2.07. The van der Waals surface area contributed by atoms with Crippen LogP contribution in [0.4, 0.5) is 4.39 Å². The van der Waals surface area contributed by atoms with Gasteiger partial charge >= 0.3 is 0 Å². The Balaban J connectivity index is 0.00000261. The highest BCUT2D eigenvalue weighted by molar-refractivity contribution is 14.0. The molecular formula is C18H22FIN6O. The third-order valence-electron chi connectivity index (χ3n) is 3.89. The molecule has 2 aromatic heterocycles. The standard InChI is InChI=1S/C18H21FN6O.HI/c1-20-18(21-10-13-6-7-15(19)14(9-13)12-26-2)22-11-17-24-23-16-5-3-4-8-25(16)17;/h3-9H,10-12H2,1-2H3,(H2,20,21,22);1H. The number of hydrogen-bond acceptors (Lipinski definition) is 4. The maximum atomic E-state index is 13.7. The molecule has 0 unspecified atom stereocenters. The average molecular weight is 484 g/mol. The van der Waals surface area contributed by atoms with Crippen molar-refractivity contribution < 1.29 is 9.13 Å². The first-order valence-corrected chi connectivity index (χ1v) is 8.20. The molecular weight excluding hydrogens is 462 g/mol. The van der Waals surface area contributed by atoms with Crippen LogP contribution in [0.2, 0.25) is 0 Å². The normalized spacial score (nSPS) is 11.3. The van der Waals surface area contributed by atoms with E-state index in [1.54, 1.807) is 26.3 Å². The Morgan fingerprint density at radius 1 is 1.19 bits per heavy atom. The number of pyridine rings is 1. The number of methoxy groups -OCH3 is 1. The molecule has 1 aromatic carbocycles. The topological polar surface area (TPSA) is 75.8 Å². The van der Waals surface area contributed by atoms with Gasteiger partial charge in [0.1, 0.15) is 5.82 Å². The van der Waals surface area contributed by atoms with Crippen molar-refractivity contribution in [3.8, 4) is 0 Å². The zero-order valence-corrected chi connectivity index (χ0v) is 17.5. The zero-order valence-electron chi connectivity index (χ0n) is 15.1. The van der Waals surface area contributed by atoms with E-state index in [0.29, 0.717) is 24.6 Å². The van der Waals surface area contributed by atoms with Crippen molar-refractivity contribution in [2.24, 2.45) is 4.99 Å². The van der Waals surface area contributed by atoms with Gasteiger partial charge in [0.15, 0.2) is 17.4 Å². The minimum atomic E-state index is -0.267. The van der Waals surface area contributed by atoms with Gasteiger partial charge in [-0.2, -0.15) is 0 Å². The molecule has 0 fully saturated rings. The fourth-order valence-electron chi connectivity index (χ4n) is 2.58. The van der Waals surface area contributed by atoms with E-state index in [1.807, 2.05) is 28.8 Å². The lowest BCUT2D eigenvalue weighted by atomic mass is 10.1. The Kier molecular flexibility index (Phi) is 7.92. The summed E-state index contributed by atoms with van der Waals surface area (Å²) < 4.78 is 20.6. The predicted octanol–water partition coefficient (Wildman–Crippen LogP) is 2.50. The van der Waals surface area contributed by atoms with E-state index >= 15 is 0 Å². The van der Waals surface area contributed by atoms with E-state index in [2.05, 4.69) is 25.8 Å². The number of fused-ring (bicyclic) bond motifs is 1. The summed E-state index contributed by atoms with van der Waals surface area (Å²) in [6.45, 7) is 1.23. The SMILES string of the molecule is CN=C(NCc1ccc(F)c(COC)c1)NCc1nnc2ccccn12.I. The summed E-state index contributed by atoms with van der Waals surface area (Å²) >= 11 is 0. The average Bonchev–Trinajstić information content (AvgIpc) is 3.08. The van der Waals surface area contributed by atoms with Crippen molar-refractivity contribution in [2.75, 3.05) is 14.2 Å². The first-order valence-electron chi connectivity index (χ1n) is 8.20. The molecule has 0 amide bonds. The lowest BCUT2D eigenvalue weighted by Crippen LogP contribution is -2.36. The minimum Gasteiger partial charge on any atom is -0.380 e. The van der Waals surface area contributed by atoms with Crippen LogP contribution >= 0.6 is 24.0 Å². The van der Waals surface area contributed by atoms with Crippen molar-refractivity contribution in [3.05, 3.63) is 65.4 Å². The van der Waals surface area contributed by atoms with Crippen LogP contribution in [0.3, 0.4) is 0 Å². The Labute approximate surface area is 174 Å². The van der Waals surface area contributed by atoms with Crippen molar-refractivity contribution in [1.82, 2.24) is 25.2 Å². The maximum absolute atomic E-state index is 13.7. The van der Waals surface area contributed by atoms with Gasteiger partial charge in [-0.1, -0.05) is 12.1 Å². The van der Waals surface area contributed by atoms with Gasteiger partial charge in [0.05, 0.1) is 13.2 Å². The van der Waals surface area contributed by atoms with Crippen LogP contribution in [0.1, 0.15) is 17.0 Å². The highest BCUT2D eigenvalue weighted by atomic mass is 127. The summed E-state index contributed by atoms with van der Waals surface area (Å²) in [5, 5.41) is 14.7. The summed E-state index contributed by atoms with van der Waals surface area (Å²) in [6, 6.07) is 10.7. The Morgan fingerprint density at radius 3 is 2.78 bits per heavy atom. The van der Waals surface area contributed by atoms with Crippen LogP contribution in [0.5, 0.6) is 0 Å². The minimum absolute atomic E-state index is 0. The number of nitrogens with zero attached hydrogens (tertiary/aromatic N) is 4. The van der Waals surface area contributed by atoms with Crippen LogP contribution in [-0.4, -0.2) is 34.7 Å². The van der Waals surface area contributed by atoms with Crippen LogP contribution < -0.4 is 10.6 Å². The molecule has 144 valence electrons. The summed E-state index contributed by atoms with van der Waals surface area (Å²) in [7, 11) is 3.24. The number of aliphatic imine (C=N–C) groups is 1.